The van der Waals surface area contributed by atoms with Crippen LogP contribution in [0.2, 0.25) is 0 Å². The van der Waals surface area contributed by atoms with Crippen LogP contribution in [0.5, 0.6) is 0 Å². The van der Waals surface area contributed by atoms with Gasteiger partial charge in [0.2, 0.25) is 5.91 Å². The first-order chi connectivity index (χ1) is 17.9. The van der Waals surface area contributed by atoms with E-state index in [-0.39, 0.29) is 42.8 Å². The van der Waals surface area contributed by atoms with Gasteiger partial charge in [-0.15, -0.1) is 0 Å². The van der Waals surface area contributed by atoms with Gasteiger partial charge in [-0.1, -0.05) is 0 Å². The highest BCUT2D eigenvalue weighted by Crippen LogP contribution is 2.52. The van der Waals surface area contributed by atoms with E-state index in [1.165, 1.54) is 0 Å². The van der Waals surface area contributed by atoms with Crippen LogP contribution in [-0.4, -0.2) is 112 Å². The molecule has 11 heteroatoms. The van der Waals surface area contributed by atoms with Crippen LogP contribution >= 0.6 is 0 Å². The van der Waals surface area contributed by atoms with Crippen molar-refractivity contribution in [3.63, 3.8) is 0 Å². The van der Waals surface area contributed by atoms with Gasteiger partial charge >= 0.3 is 0 Å². The van der Waals surface area contributed by atoms with Crippen molar-refractivity contribution in [1.82, 2.24) is 9.80 Å². The standard InChI is InChI=1S/C27H37N3O8/c1-29(2)17-7-14(10-30-4-3-12(9-30)11-31)22(33)20-16(17)6-13-5-15-8-18(32)21(26(28)37)25(36)27(15,38)24(35)19(13)23(20)34/h12-15,17-19,21,31-32,38H,3-11H2,1-2H3,(H2,28,37)/t12?,13-,14?,15+,17?,18?,19?,21?,27+/m1/s1. The van der Waals surface area contributed by atoms with Crippen molar-refractivity contribution in [2.75, 3.05) is 40.3 Å². The van der Waals surface area contributed by atoms with Gasteiger partial charge in [0.25, 0.3) is 0 Å². The van der Waals surface area contributed by atoms with E-state index in [0.29, 0.717) is 31.5 Å². The Labute approximate surface area is 221 Å². The van der Waals surface area contributed by atoms with Crippen molar-refractivity contribution in [1.29, 1.82) is 0 Å². The highest BCUT2D eigenvalue weighted by molar-refractivity contribution is 6.31. The van der Waals surface area contributed by atoms with E-state index in [2.05, 4.69) is 4.90 Å². The Kier molecular flexibility index (Phi) is 6.96. The van der Waals surface area contributed by atoms with Gasteiger partial charge in [-0.2, -0.15) is 0 Å². The topological polar surface area (TPSA) is 179 Å². The monoisotopic (exact) mass is 531 g/mol. The molecule has 1 aliphatic heterocycles. The first-order valence-electron chi connectivity index (χ1n) is 13.5. The number of aliphatic hydroxyl groups is 3. The van der Waals surface area contributed by atoms with E-state index in [1.807, 2.05) is 19.0 Å². The van der Waals surface area contributed by atoms with E-state index in [4.69, 9.17) is 5.73 Å². The summed E-state index contributed by atoms with van der Waals surface area (Å²) in [6, 6.07) is -0.178. The molecule has 0 spiro atoms. The first-order valence-corrected chi connectivity index (χ1v) is 13.5. The van der Waals surface area contributed by atoms with E-state index in [0.717, 1.165) is 13.0 Å². The van der Waals surface area contributed by atoms with Crippen molar-refractivity contribution < 1.29 is 39.3 Å². The van der Waals surface area contributed by atoms with E-state index < -0.39 is 64.6 Å². The number of likely N-dealkylation sites (N-methyl/N-ethyl adjacent to an activating group) is 1. The van der Waals surface area contributed by atoms with Crippen LogP contribution in [0.25, 0.3) is 0 Å². The third-order valence-electron chi connectivity index (χ3n) is 9.77. The van der Waals surface area contributed by atoms with Gasteiger partial charge < -0.3 is 30.9 Å². The zero-order chi connectivity index (χ0) is 27.7. The zero-order valence-corrected chi connectivity index (χ0v) is 21.8. The average Bonchev–Trinajstić information content (AvgIpc) is 3.30. The van der Waals surface area contributed by atoms with Gasteiger partial charge in [-0.25, -0.2) is 0 Å². The molecule has 0 aromatic heterocycles. The Balaban J connectivity index is 1.48. The minimum absolute atomic E-state index is 0.0178. The maximum atomic E-state index is 13.9. The number of allylic oxidation sites excluding steroid dienone is 1. The number of hydrogen-bond acceptors (Lipinski definition) is 10. The molecule has 5 aliphatic rings. The Morgan fingerprint density at radius 3 is 2.42 bits per heavy atom. The van der Waals surface area contributed by atoms with Crippen LogP contribution in [0, 0.1) is 35.5 Å². The molecule has 9 atom stereocenters. The van der Waals surface area contributed by atoms with E-state index >= 15 is 0 Å². The summed E-state index contributed by atoms with van der Waals surface area (Å²) < 4.78 is 0. The lowest BCUT2D eigenvalue weighted by Gasteiger charge is -2.51. The van der Waals surface area contributed by atoms with Crippen LogP contribution in [0.3, 0.4) is 0 Å². The molecule has 0 aromatic carbocycles. The molecule has 0 radical (unpaired) electrons. The number of nitrogens with zero attached hydrogens (tertiary/aromatic N) is 2. The average molecular weight is 532 g/mol. The number of rotatable bonds is 5. The lowest BCUT2D eigenvalue weighted by molar-refractivity contribution is -0.182. The summed E-state index contributed by atoms with van der Waals surface area (Å²) in [5, 5.41) is 31.3. The Hall–Kier alpha value is -2.31. The van der Waals surface area contributed by atoms with Crippen molar-refractivity contribution >= 4 is 29.0 Å². The molecule has 5 rings (SSSR count). The van der Waals surface area contributed by atoms with Gasteiger partial charge in [0.05, 0.1) is 17.6 Å². The molecule has 38 heavy (non-hydrogen) atoms. The Morgan fingerprint density at radius 1 is 1.11 bits per heavy atom. The van der Waals surface area contributed by atoms with E-state index in [1.54, 1.807) is 0 Å². The van der Waals surface area contributed by atoms with Gasteiger partial charge in [-0.3, -0.25) is 24.0 Å². The quantitative estimate of drug-likeness (QED) is 0.231. The third kappa shape index (κ3) is 4.02. The first kappa shape index (κ1) is 27.3. The van der Waals surface area contributed by atoms with Crippen LogP contribution in [-0.2, 0) is 24.0 Å². The summed E-state index contributed by atoms with van der Waals surface area (Å²) in [4.78, 5) is 70.6. The van der Waals surface area contributed by atoms with Crippen LogP contribution in [0.4, 0.5) is 0 Å². The maximum absolute atomic E-state index is 13.9. The zero-order valence-electron chi connectivity index (χ0n) is 21.8. The molecule has 0 aromatic rings. The van der Waals surface area contributed by atoms with Crippen molar-refractivity contribution in [3.05, 3.63) is 11.1 Å². The number of nitrogens with two attached hydrogens (primary N) is 1. The maximum Gasteiger partial charge on any atom is 0.230 e. The minimum atomic E-state index is -2.60. The number of ketones is 4. The fourth-order valence-corrected chi connectivity index (χ4v) is 7.83. The van der Waals surface area contributed by atoms with Crippen LogP contribution < -0.4 is 5.73 Å². The molecule has 1 saturated heterocycles. The lowest BCUT2D eigenvalue weighted by atomic mass is 9.52. The molecule has 1 heterocycles. The smallest absolute Gasteiger partial charge is 0.230 e. The summed E-state index contributed by atoms with van der Waals surface area (Å²) >= 11 is 0. The molecule has 6 unspecified atom stereocenters. The summed E-state index contributed by atoms with van der Waals surface area (Å²) in [6.07, 6.45) is 0.255. The SMILES string of the molecule is CN(C)C1CC(CN2CCC(CO)C2)C(=O)C2=C1C[C@H]1C[C@H]3CC(O)C(C(N)=O)C(=O)[C@@]3(O)C(=O)C1C2=O. The molecule has 208 valence electrons. The second-order valence-corrected chi connectivity index (χ2v) is 12.2. The fraction of sp³-hybridized carbons (Fsp3) is 0.741. The Bertz CT molecular complexity index is 1120. The van der Waals surface area contributed by atoms with Crippen molar-refractivity contribution in [2.45, 2.75) is 49.9 Å². The number of carbonyl (C=O) groups is 5. The molecule has 11 nitrogen and oxygen atoms in total. The van der Waals surface area contributed by atoms with Gasteiger partial charge in [0, 0.05) is 37.6 Å². The fourth-order valence-electron chi connectivity index (χ4n) is 7.83. The summed E-state index contributed by atoms with van der Waals surface area (Å²) in [7, 11) is 3.78. The number of carbonyl (C=O) groups excluding carboxylic acids is 5. The molecule has 0 bridgehead atoms. The molecule has 3 fully saturated rings. The lowest BCUT2D eigenvalue weighted by Crippen LogP contribution is -2.69. The minimum Gasteiger partial charge on any atom is -0.396 e. The molecule has 5 N–H and O–H groups in total. The second kappa shape index (κ2) is 9.71. The van der Waals surface area contributed by atoms with Crippen LogP contribution in [0.15, 0.2) is 11.1 Å². The normalized spacial score (nSPS) is 41.8. The number of fused-ring (bicyclic) bond motifs is 2. The highest BCUT2D eigenvalue weighted by Gasteiger charge is 2.66. The largest absolute Gasteiger partial charge is 0.396 e. The highest BCUT2D eigenvalue weighted by atomic mass is 16.3. The van der Waals surface area contributed by atoms with E-state index in [9.17, 15) is 39.3 Å². The number of primary amides is 1. The number of hydrogen-bond donors (Lipinski definition) is 4. The van der Waals surface area contributed by atoms with Gasteiger partial charge in [0.15, 0.2) is 28.7 Å². The predicted molar refractivity (Wildman–Crippen MR) is 132 cm³/mol. The number of aliphatic hydroxyl groups excluding tert-OH is 2. The second-order valence-electron chi connectivity index (χ2n) is 12.2. The molecular formula is C27H37N3O8. The molecular weight excluding hydrogens is 494 g/mol. The predicted octanol–water partition coefficient (Wildman–Crippen LogP) is -1.92. The number of Topliss-reactive ketones (excluding diaryl/α,β-unsaturated/α-hetero) is 4. The van der Waals surface area contributed by atoms with Crippen molar-refractivity contribution in [2.24, 2.45) is 41.2 Å². The van der Waals surface area contributed by atoms with Gasteiger partial charge in [0.1, 0.15) is 5.92 Å². The summed E-state index contributed by atoms with van der Waals surface area (Å²) in [6.45, 7) is 1.98. The summed E-state index contributed by atoms with van der Waals surface area (Å²) in [5.41, 5.74) is 3.42. The van der Waals surface area contributed by atoms with Crippen molar-refractivity contribution in [3.8, 4) is 0 Å². The number of likely N-dealkylation sites (tertiary alicyclic amines) is 1. The summed E-state index contributed by atoms with van der Waals surface area (Å²) in [5.74, 6) is -9.08. The number of amides is 1. The van der Waals surface area contributed by atoms with Gasteiger partial charge in [-0.05, 0) is 70.2 Å². The third-order valence-corrected chi connectivity index (χ3v) is 9.77. The Morgan fingerprint density at radius 2 is 1.82 bits per heavy atom. The molecule has 1 amide bonds. The molecule has 2 saturated carbocycles. The van der Waals surface area contributed by atoms with Crippen LogP contribution in [0.1, 0.15) is 32.1 Å². The molecule has 4 aliphatic carbocycles.